The third kappa shape index (κ3) is 3.61. The summed E-state index contributed by atoms with van der Waals surface area (Å²) in [6.45, 7) is 3.65. The first-order chi connectivity index (χ1) is 9.26. The molecule has 0 atom stereocenters. The van der Waals surface area contributed by atoms with Crippen LogP contribution in [-0.2, 0) is 11.3 Å². The number of rotatable bonds is 6. The number of nitrogens with zero attached hydrogens (tertiary/aromatic N) is 2. The summed E-state index contributed by atoms with van der Waals surface area (Å²) >= 11 is 5.22. The third-order valence-electron chi connectivity index (χ3n) is 2.75. The molecule has 0 fully saturated rings. The van der Waals surface area contributed by atoms with Crippen molar-refractivity contribution >= 4 is 27.7 Å². The quantitative estimate of drug-likeness (QED) is 0.741. The maximum absolute atomic E-state index is 5.19. The van der Waals surface area contributed by atoms with Crippen LogP contribution in [0.25, 0.3) is 11.3 Å². The van der Waals surface area contributed by atoms with E-state index in [1.807, 2.05) is 6.20 Å². The van der Waals surface area contributed by atoms with E-state index in [1.54, 1.807) is 18.9 Å². The molecule has 1 heterocycles. The van der Waals surface area contributed by atoms with Crippen LogP contribution >= 0.6 is 27.7 Å². The van der Waals surface area contributed by atoms with E-state index in [9.17, 15) is 0 Å². The number of ether oxygens (including phenoxy) is 1. The van der Waals surface area contributed by atoms with Crippen molar-refractivity contribution in [1.29, 1.82) is 0 Å². The first-order valence-corrected chi connectivity index (χ1v) is 7.97. The molecule has 0 radical (unpaired) electrons. The van der Waals surface area contributed by atoms with Crippen LogP contribution in [0.5, 0.6) is 0 Å². The molecular formula is C14H17BrN2OS. The molecular weight excluding hydrogens is 324 g/mol. The Labute approximate surface area is 126 Å². The Hall–Kier alpha value is -0.780. The van der Waals surface area contributed by atoms with Gasteiger partial charge in [-0.2, -0.15) is 0 Å². The zero-order chi connectivity index (χ0) is 13.7. The van der Waals surface area contributed by atoms with Crippen LogP contribution in [0, 0.1) is 0 Å². The molecule has 0 unspecified atom stereocenters. The average Bonchev–Trinajstić information content (AvgIpc) is 2.81. The molecule has 5 heteroatoms. The van der Waals surface area contributed by atoms with E-state index in [2.05, 4.69) is 56.7 Å². The SMILES string of the molecule is CCSc1ncc(-c2ccc(Br)cc2)n1CCOC. The second-order valence-electron chi connectivity index (χ2n) is 4.01. The predicted octanol–water partition coefficient (Wildman–Crippen LogP) is 4.07. The minimum atomic E-state index is 0.692. The van der Waals surface area contributed by atoms with Crippen LogP contribution < -0.4 is 0 Å². The highest BCUT2D eigenvalue weighted by molar-refractivity contribution is 9.10. The third-order valence-corrected chi connectivity index (χ3v) is 4.15. The van der Waals surface area contributed by atoms with Gasteiger partial charge in [0.25, 0.3) is 0 Å². The number of hydrogen-bond donors (Lipinski definition) is 0. The Balaban J connectivity index is 2.35. The Morgan fingerprint density at radius 1 is 1.32 bits per heavy atom. The number of halogens is 1. The Bertz CT molecular complexity index is 525. The van der Waals surface area contributed by atoms with Crippen molar-refractivity contribution in [2.45, 2.75) is 18.6 Å². The maximum atomic E-state index is 5.19. The summed E-state index contributed by atoms with van der Waals surface area (Å²) in [5, 5.41) is 1.05. The molecule has 19 heavy (non-hydrogen) atoms. The summed E-state index contributed by atoms with van der Waals surface area (Å²) in [6, 6.07) is 8.31. The van der Waals surface area contributed by atoms with Crippen LogP contribution in [0.1, 0.15) is 6.92 Å². The summed E-state index contributed by atoms with van der Waals surface area (Å²) in [7, 11) is 1.73. The lowest BCUT2D eigenvalue weighted by atomic mass is 10.2. The fourth-order valence-electron chi connectivity index (χ4n) is 1.85. The van der Waals surface area contributed by atoms with Crippen LogP contribution in [0.15, 0.2) is 40.1 Å². The van der Waals surface area contributed by atoms with Crippen molar-refractivity contribution < 1.29 is 4.74 Å². The van der Waals surface area contributed by atoms with Gasteiger partial charge < -0.3 is 9.30 Å². The van der Waals surface area contributed by atoms with Gasteiger partial charge in [-0.15, -0.1) is 0 Å². The molecule has 0 amide bonds. The molecule has 0 saturated heterocycles. The molecule has 2 rings (SSSR count). The molecule has 1 aromatic heterocycles. The number of imidazole rings is 1. The summed E-state index contributed by atoms with van der Waals surface area (Å²) in [5.41, 5.74) is 2.32. The van der Waals surface area contributed by atoms with Gasteiger partial charge in [0, 0.05) is 18.1 Å². The molecule has 3 nitrogen and oxygen atoms in total. The van der Waals surface area contributed by atoms with E-state index in [4.69, 9.17) is 4.74 Å². The Kier molecular flexibility index (Phi) is 5.48. The first-order valence-electron chi connectivity index (χ1n) is 6.19. The van der Waals surface area contributed by atoms with E-state index in [1.165, 1.54) is 5.56 Å². The van der Waals surface area contributed by atoms with Crippen LogP contribution in [0.4, 0.5) is 0 Å². The fourth-order valence-corrected chi connectivity index (χ4v) is 2.85. The van der Waals surface area contributed by atoms with E-state index in [0.29, 0.717) is 6.61 Å². The molecule has 0 aliphatic heterocycles. The van der Waals surface area contributed by atoms with E-state index < -0.39 is 0 Å². The molecule has 0 bridgehead atoms. The lowest BCUT2D eigenvalue weighted by molar-refractivity contribution is 0.185. The van der Waals surface area contributed by atoms with E-state index in [-0.39, 0.29) is 0 Å². The summed E-state index contributed by atoms with van der Waals surface area (Å²) in [5.74, 6) is 1.02. The van der Waals surface area contributed by atoms with Gasteiger partial charge >= 0.3 is 0 Å². The van der Waals surface area contributed by atoms with Crippen molar-refractivity contribution in [3.8, 4) is 11.3 Å². The fraction of sp³-hybridized carbons (Fsp3) is 0.357. The van der Waals surface area contributed by atoms with Gasteiger partial charge in [0.15, 0.2) is 5.16 Å². The van der Waals surface area contributed by atoms with Crippen molar-refractivity contribution in [1.82, 2.24) is 9.55 Å². The monoisotopic (exact) mass is 340 g/mol. The highest BCUT2D eigenvalue weighted by Crippen LogP contribution is 2.27. The average molecular weight is 341 g/mol. The molecule has 2 aromatic rings. The zero-order valence-electron chi connectivity index (χ0n) is 11.1. The molecule has 1 aromatic carbocycles. The minimum absolute atomic E-state index is 0.692. The van der Waals surface area contributed by atoms with Gasteiger partial charge in [0.2, 0.25) is 0 Å². The Morgan fingerprint density at radius 2 is 2.05 bits per heavy atom. The van der Waals surface area contributed by atoms with E-state index in [0.717, 1.165) is 27.6 Å². The van der Waals surface area contributed by atoms with Gasteiger partial charge in [-0.05, 0) is 23.4 Å². The predicted molar refractivity (Wildman–Crippen MR) is 83.6 cm³/mol. The van der Waals surface area contributed by atoms with Gasteiger partial charge in [-0.1, -0.05) is 46.7 Å². The minimum Gasteiger partial charge on any atom is -0.383 e. The number of methoxy groups -OCH3 is 1. The highest BCUT2D eigenvalue weighted by Gasteiger charge is 2.11. The summed E-state index contributed by atoms with van der Waals surface area (Å²) in [4.78, 5) is 4.52. The van der Waals surface area contributed by atoms with Crippen molar-refractivity contribution in [3.63, 3.8) is 0 Å². The number of benzene rings is 1. The molecule has 0 saturated carbocycles. The number of hydrogen-bond acceptors (Lipinski definition) is 3. The molecule has 0 aliphatic rings. The Morgan fingerprint density at radius 3 is 2.68 bits per heavy atom. The topological polar surface area (TPSA) is 27.1 Å². The second kappa shape index (κ2) is 7.12. The smallest absolute Gasteiger partial charge is 0.168 e. The van der Waals surface area contributed by atoms with Gasteiger partial charge in [-0.25, -0.2) is 4.98 Å². The highest BCUT2D eigenvalue weighted by atomic mass is 79.9. The largest absolute Gasteiger partial charge is 0.383 e. The summed E-state index contributed by atoms with van der Waals surface area (Å²) in [6.07, 6.45) is 1.94. The van der Waals surface area contributed by atoms with Gasteiger partial charge in [0.05, 0.1) is 18.5 Å². The molecule has 0 aliphatic carbocycles. The standard InChI is InChI=1S/C14H17BrN2OS/c1-3-19-14-16-10-13(17(14)8-9-18-2)11-4-6-12(15)7-5-11/h4-7,10H,3,8-9H2,1-2H3. The van der Waals surface area contributed by atoms with Gasteiger partial charge in [-0.3, -0.25) is 0 Å². The van der Waals surface area contributed by atoms with Crippen molar-refractivity contribution in [3.05, 3.63) is 34.9 Å². The lowest BCUT2D eigenvalue weighted by Crippen LogP contribution is -2.07. The maximum Gasteiger partial charge on any atom is 0.168 e. The van der Waals surface area contributed by atoms with Crippen LogP contribution in [0.3, 0.4) is 0 Å². The van der Waals surface area contributed by atoms with Crippen molar-refractivity contribution in [2.75, 3.05) is 19.5 Å². The van der Waals surface area contributed by atoms with Crippen LogP contribution in [0.2, 0.25) is 0 Å². The van der Waals surface area contributed by atoms with Crippen molar-refractivity contribution in [2.24, 2.45) is 0 Å². The lowest BCUT2D eigenvalue weighted by Gasteiger charge is -2.11. The second-order valence-corrected chi connectivity index (χ2v) is 6.16. The normalized spacial score (nSPS) is 10.9. The molecule has 102 valence electrons. The number of aromatic nitrogens is 2. The first kappa shape index (κ1) is 14.6. The summed E-state index contributed by atoms with van der Waals surface area (Å²) < 4.78 is 8.50. The zero-order valence-corrected chi connectivity index (χ0v) is 13.5. The van der Waals surface area contributed by atoms with Gasteiger partial charge in [0.1, 0.15) is 0 Å². The van der Waals surface area contributed by atoms with Crippen LogP contribution in [-0.4, -0.2) is 29.0 Å². The molecule has 0 N–H and O–H groups in total. The number of thioether (sulfide) groups is 1. The van der Waals surface area contributed by atoms with E-state index >= 15 is 0 Å². The molecule has 0 spiro atoms.